The second-order valence-electron chi connectivity index (χ2n) is 6.79. The number of carbonyl (C=O) groups excluding carboxylic acids is 3. The number of rotatable bonds is 6. The molecule has 0 saturated carbocycles. The Kier molecular flexibility index (Phi) is 6.25. The third-order valence-electron chi connectivity index (χ3n) is 4.40. The van der Waals surface area contributed by atoms with Gasteiger partial charge in [-0.1, -0.05) is 19.9 Å². The quantitative estimate of drug-likeness (QED) is 0.739. The average molecular weight is 346 g/mol. The molecular formula is C18H26N4O3. The van der Waals surface area contributed by atoms with Crippen LogP contribution < -0.4 is 11.1 Å². The van der Waals surface area contributed by atoms with Crippen LogP contribution in [0.4, 0.5) is 0 Å². The Morgan fingerprint density at radius 3 is 2.56 bits per heavy atom. The molecule has 0 bridgehead atoms. The van der Waals surface area contributed by atoms with Gasteiger partial charge in [-0.3, -0.25) is 19.4 Å². The molecule has 1 aliphatic heterocycles. The monoisotopic (exact) mass is 346 g/mol. The average Bonchev–Trinajstić information content (AvgIpc) is 3.08. The van der Waals surface area contributed by atoms with Gasteiger partial charge < -0.3 is 16.0 Å². The summed E-state index contributed by atoms with van der Waals surface area (Å²) in [4.78, 5) is 43.3. The van der Waals surface area contributed by atoms with Crippen LogP contribution in [0.2, 0.25) is 0 Å². The second kappa shape index (κ2) is 8.20. The third-order valence-corrected chi connectivity index (χ3v) is 4.40. The van der Waals surface area contributed by atoms with Crippen LogP contribution in [-0.4, -0.2) is 52.2 Å². The van der Waals surface area contributed by atoms with Gasteiger partial charge in [-0.2, -0.15) is 0 Å². The molecule has 3 N–H and O–H groups in total. The van der Waals surface area contributed by atoms with Gasteiger partial charge in [0.25, 0.3) is 0 Å². The van der Waals surface area contributed by atoms with E-state index in [0.29, 0.717) is 18.7 Å². The summed E-state index contributed by atoms with van der Waals surface area (Å²) in [7, 11) is 0. The van der Waals surface area contributed by atoms with Crippen LogP contribution in [0.15, 0.2) is 24.4 Å². The van der Waals surface area contributed by atoms with Crippen molar-refractivity contribution in [2.45, 2.75) is 51.7 Å². The molecule has 25 heavy (non-hydrogen) atoms. The standard InChI is InChI=1S/C18H26N4O3/c1-11(2)15(21-17(24)12(3)19)18(25)22-10-6-8-14(22)16(23)13-7-4-5-9-20-13/h4-5,7,9,11-12,14-15H,6,8,10,19H2,1-3H3,(H,21,24)/t12-,14-,15-/m0/s1. The normalized spacial score (nSPS) is 19.6. The van der Waals surface area contributed by atoms with Crippen LogP contribution in [0.5, 0.6) is 0 Å². The molecule has 1 saturated heterocycles. The molecule has 0 aliphatic carbocycles. The molecule has 1 fully saturated rings. The van der Waals surface area contributed by atoms with E-state index in [9.17, 15) is 14.4 Å². The van der Waals surface area contributed by atoms with E-state index in [4.69, 9.17) is 5.73 Å². The molecule has 1 aliphatic rings. The van der Waals surface area contributed by atoms with Crippen molar-refractivity contribution >= 4 is 17.6 Å². The highest BCUT2D eigenvalue weighted by Gasteiger charge is 2.39. The van der Waals surface area contributed by atoms with Gasteiger partial charge in [-0.05, 0) is 37.8 Å². The fourth-order valence-corrected chi connectivity index (χ4v) is 2.96. The number of carbonyl (C=O) groups is 3. The molecule has 2 heterocycles. The summed E-state index contributed by atoms with van der Waals surface area (Å²) in [5.41, 5.74) is 5.94. The summed E-state index contributed by atoms with van der Waals surface area (Å²) in [6, 6.07) is 3.22. The first-order chi connectivity index (χ1) is 11.8. The summed E-state index contributed by atoms with van der Waals surface area (Å²) in [6.45, 7) is 5.78. The van der Waals surface area contributed by atoms with E-state index in [1.54, 1.807) is 36.2 Å². The summed E-state index contributed by atoms with van der Waals surface area (Å²) in [6.07, 6.45) is 2.92. The molecule has 2 amide bonds. The lowest BCUT2D eigenvalue weighted by Crippen LogP contribution is -2.56. The van der Waals surface area contributed by atoms with E-state index >= 15 is 0 Å². The number of Topliss-reactive ketones (excluding diaryl/α,β-unsaturated/α-hetero) is 1. The number of nitrogens with zero attached hydrogens (tertiary/aromatic N) is 2. The minimum Gasteiger partial charge on any atom is -0.343 e. The van der Waals surface area contributed by atoms with Crippen molar-refractivity contribution in [3.63, 3.8) is 0 Å². The van der Waals surface area contributed by atoms with Gasteiger partial charge in [0.2, 0.25) is 17.6 Å². The van der Waals surface area contributed by atoms with E-state index < -0.39 is 18.1 Å². The number of ketones is 1. The SMILES string of the molecule is CC(C)[C@H](NC(=O)[C@H](C)N)C(=O)N1CCC[C@H]1C(=O)c1ccccn1. The van der Waals surface area contributed by atoms with Crippen LogP contribution >= 0.6 is 0 Å². The number of nitrogens with one attached hydrogen (secondary N) is 1. The van der Waals surface area contributed by atoms with Crippen LogP contribution in [0.3, 0.4) is 0 Å². The molecule has 3 atom stereocenters. The Labute approximate surface area is 148 Å². The molecule has 2 rings (SSSR count). The van der Waals surface area contributed by atoms with Crippen LogP contribution in [0.1, 0.15) is 44.1 Å². The Morgan fingerprint density at radius 1 is 1.28 bits per heavy atom. The molecule has 1 aromatic rings. The first-order valence-corrected chi connectivity index (χ1v) is 8.64. The van der Waals surface area contributed by atoms with Crippen molar-refractivity contribution in [1.82, 2.24) is 15.2 Å². The van der Waals surface area contributed by atoms with Crippen molar-refractivity contribution < 1.29 is 14.4 Å². The van der Waals surface area contributed by atoms with E-state index in [1.807, 2.05) is 13.8 Å². The fraction of sp³-hybridized carbons (Fsp3) is 0.556. The lowest BCUT2D eigenvalue weighted by molar-refractivity contribution is -0.138. The van der Waals surface area contributed by atoms with Gasteiger partial charge in [-0.25, -0.2) is 0 Å². The third kappa shape index (κ3) is 4.42. The first kappa shape index (κ1) is 19.1. The summed E-state index contributed by atoms with van der Waals surface area (Å²) in [5.74, 6) is -0.886. The van der Waals surface area contributed by atoms with Gasteiger partial charge in [0.05, 0.1) is 12.1 Å². The predicted molar refractivity (Wildman–Crippen MR) is 93.7 cm³/mol. The Bertz CT molecular complexity index is 630. The molecule has 136 valence electrons. The smallest absolute Gasteiger partial charge is 0.246 e. The van der Waals surface area contributed by atoms with Crippen molar-refractivity contribution in [2.75, 3.05) is 6.54 Å². The molecule has 1 aromatic heterocycles. The molecule has 7 nitrogen and oxygen atoms in total. The topological polar surface area (TPSA) is 105 Å². The number of hydrogen-bond acceptors (Lipinski definition) is 5. The summed E-state index contributed by atoms with van der Waals surface area (Å²) < 4.78 is 0. The number of likely N-dealkylation sites (tertiary alicyclic amines) is 1. The zero-order valence-corrected chi connectivity index (χ0v) is 14.9. The van der Waals surface area contributed by atoms with Crippen molar-refractivity contribution in [2.24, 2.45) is 11.7 Å². The molecule has 7 heteroatoms. The van der Waals surface area contributed by atoms with Crippen LogP contribution in [0, 0.1) is 5.92 Å². The zero-order valence-electron chi connectivity index (χ0n) is 14.9. The fourth-order valence-electron chi connectivity index (χ4n) is 2.96. The van der Waals surface area contributed by atoms with Crippen LogP contribution in [-0.2, 0) is 9.59 Å². The van der Waals surface area contributed by atoms with Gasteiger partial charge in [0.1, 0.15) is 11.7 Å². The van der Waals surface area contributed by atoms with E-state index in [2.05, 4.69) is 10.3 Å². The molecule has 0 spiro atoms. The maximum atomic E-state index is 13.0. The number of hydrogen-bond donors (Lipinski definition) is 2. The lowest BCUT2D eigenvalue weighted by atomic mass is 10.0. The zero-order chi connectivity index (χ0) is 18.6. The largest absolute Gasteiger partial charge is 0.343 e. The van der Waals surface area contributed by atoms with Gasteiger partial charge >= 0.3 is 0 Å². The molecular weight excluding hydrogens is 320 g/mol. The number of pyridine rings is 1. The second-order valence-corrected chi connectivity index (χ2v) is 6.79. The number of aromatic nitrogens is 1. The van der Waals surface area contributed by atoms with Gasteiger partial charge in [-0.15, -0.1) is 0 Å². The highest BCUT2D eigenvalue weighted by molar-refractivity contribution is 6.01. The van der Waals surface area contributed by atoms with E-state index in [-0.39, 0.29) is 23.5 Å². The highest BCUT2D eigenvalue weighted by Crippen LogP contribution is 2.23. The van der Waals surface area contributed by atoms with E-state index in [1.165, 1.54) is 0 Å². The maximum Gasteiger partial charge on any atom is 0.246 e. The van der Waals surface area contributed by atoms with Gasteiger partial charge in [0.15, 0.2) is 0 Å². The maximum absolute atomic E-state index is 13.0. The molecule has 0 radical (unpaired) electrons. The Balaban J connectivity index is 2.17. The first-order valence-electron chi connectivity index (χ1n) is 8.64. The minimum atomic E-state index is -0.698. The van der Waals surface area contributed by atoms with Crippen LogP contribution in [0.25, 0.3) is 0 Å². The minimum absolute atomic E-state index is 0.110. The Hall–Kier alpha value is -2.28. The number of nitrogens with two attached hydrogens (primary N) is 1. The molecule has 0 aromatic carbocycles. The Morgan fingerprint density at radius 2 is 2.00 bits per heavy atom. The van der Waals surface area contributed by atoms with Crippen molar-refractivity contribution in [3.05, 3.63) is 30.1 Å². The highest BCUT2D eigenvalue weighted by atomic mass is 16.2. The predicted octanol–water partition coefficient (Wildman–Crippen LogP) is 0.743. The van der Waals surface area contributed by atoms with Crippen molar-refractivity contribution in [3.8, 4) is 0 Å². The number of amides is 2. The molecule has 0 unspecified atom stereocenters. The summed E-state index contributed by atoms with van der Waals surface area (Å²) >= 11 is 0. The van der Waals surface area contributed by atoms with Gasteiger partial charge in [0, 0.05) is 12.7 Å². The summed E-state index contributed by atoms with van der Waals surface area (Å²) in [5, 5.41) is 2.71. The van der Waals surface area contributed by atoms with E-state index in [0.717, 1.165) is 6.42 Å². The lowest BCUT2D eigenvalue weighted by Gasteiger charge is -2.30. The van der Waals surface area contributed by atoms with Crippen molar-refractivity contribution in [1.29, 1.82) is 0 Å².